The van der Waals surface area contributed by atoms with Gasteiger partial charge in [0.2, 0.25) is 17.7 Å². The van der Waals surface area contributed by atoms with Gasteiger partial charge in [-0.2, -0.15) is 0 Å². The molecule has 6 heteroatoms. The second-order valence-electron chi connectivity index (χ2n) is 4.56. The van der Waals surface area contributed by atoms with Crippen LogP contribution in [0.5, 0.6) is 5.75 Å². The number of amides is 3. The van der Waals surface area contributed by atoms with Crippen LogP contribution in [0.25, 0.3) is 0 Å². The van der Waals surface area contributed by atoms with Crippen molar-refractivity contribution in [2.75, 3.05) is 7.11 Å². The van der Waals surface area contributed by atoms with Crippen LogP contribution >= 0.6 is 0 Å². The number of methoxy groups -OCH3 is 1. The second-order valence-corrected chi connectivity index (χ2v) is 4.56. The van der Waals surface area contributed by atoms with Crippen molar-refractivity contribution in [1.29, 1.82) is 0 Å². The maximum absolute atomic E-state index is 11.9. The van der Waals surface area contributed by atoms with Gasteiger partial charge >= 0.3 is 0 Å². The van der Waals surface area contributed by atoms with Crippen molar-refractivity contribution in [2.45, 2.75) is 25.3 Å². The summed E-state index contributed by atoms with van der Waals surface area (Å²) in [4.78, 5) is 34.5. The third-order valence-corrected chi connectivity index (χ3v) is 3.12. The topological polar surface area (TPSA) is 84.5 Å². The Morgan fingerprint density at radius 1 is 1.40 bits per heavy atom. The summed E-state index contributed by atoms with van der Waals surface area (Å²) in [5.41, 5.74) is 0.750. The lowest BCUT2D eigenvalue weighted by Gasteiger charge is -2.21. The van der Waals surface area contributed by atoms with Gasteiger partial charge in [-0.1, -0.05) is 18.2 Å². The zero-order valence-corrected chi connectivity index (χ0v) is 11.1. The number of benzene rings is 1. The summed E-state index contributed by atoms with van der Waals surface area (Å²) in [7, 11) is 1.54. The smallest absolute Gasteiger partial charge is 0.249 e. The number of ether oxygens (including phenoxy) is 1. The second kappa shape index (κ2) is 6.18. The number of rotatable bonds is 4. The fourth-order valence-corrected chi connectivity index (χ4v) is 2.10. The Balaban J connectivity index is 1.95. The molecule has 1 atom stereocenters. The van der Waals surface area contributed by atoms with E-state index in [2.05, 4.69) is 10.6 Å². The van der Waals surface area contributed by atoms with Gasteiger partial charge in [-0.05, 0) is 12.5 Å². The first-order chi connectivity index (χ1) is 9.60. The molecule has 0 aliphatic carbocycles. The van der Waals surface area contributed by atoms with Gasteiger partial charge < -0.3 is 10.1 Å². The van der Waals surface area contributed by atoms with Crippen molar-refractivity contribution in [2.24, 2.45) is 0 Å². The molecule has 1 aromatic rings. The molecule has 0 spiro atoms. The number of hydrogen-bond acceptors (Lipinski definition) is 4. The van der Waals surface area contributed by atoms with Crippen LogP contribution in [0.1, 0.15) is 18.4 Å². The van der Waals surface area contributed by atoms with Crippen LogP contribution in [0.4, 0.5) is 0 Å². The van der Waals surface area contributed by atoms with Crippen LogP contribution < -0.4 is 15.4 Å². The molecule has 3 amide bonds. The van der Waals surface area contributed by atoms with Gasteiger partial charge in [0.15, 0.2) is 0 Å². The van der Waals surface area contributed by atoms with E-state index in [0.717, 1.165) is 5.56 Å². The van der Waals surface area contributed by atoms with Crippen LogP contribution in [0.15, 0.2) is 24.3 Å². The highest BCUT2D eigenvalue weighted by Gasteiger charge is 2.27. The number of carbonyl (C=O) groups is 3. The van der Waals surface area contributed by atoms with Crippen molar-refractivity contribution in [1.82, 2.24) is 10.6 Å². The third kappa shape index (κ3) is 3.34. The lowest BCUT2D eigenvalue weighted by Crippen LogP contribution is -2.52. The highest BCUT2D eigenvalue weighted by Crippen LogP contribution is 2.17. The summed E-state index contributed by atoms with van der Waals surface area (Å²) in [5, 5.41) is 4.83. The molecule has 20 heavy (non-hydrogen) atoms. The van der Waals surface area contributed by atoms with E-state index in [-0.39, 0.29) is 24.7 Å². The lowest BCUT2D eigenvalue weighted by molar-refractivity contribution is -0.137. The predicted octanol–water partition coefficient (Wildman–Crippen LogP) is 0.159. The summed E-state index contributed by atoms with van der Waals surface area (Å²) in [6.07, 6.45) is 0.704. The van der Waals surface area contributed by atoms with E-state index < -0.39 is 11.9 Å². The first-order valence-corrected chi connectivity index (χ1v) is 6.35. The first-order valence-electron chi connectivity index (χ1n) is 6.35. The van der Waals surface area contributed by atoms with E-state index in [1.165, 1.54) is 7.11 Å². The van der Waals surface area contributed by atoms with Gasteiger partial charge in [-0.25, -0.2) is 0 Å². The van der Waals surface area contributed by atoms with Crippen molar-refractivity contribution < 1.29 is 19.1 Å². The van der Waals surface area contributed by atoms with Crippen LogP contribution in [0, 0.1) is 0 Å². The third-order valence-electron chi connectivity index (χ3n) is 3.12. The fraction of sp³-hybridized carbons (Fsp3) is 0.357. The Morgan fingerprint density at radius 3 is 2.85 bits per heavy atom. The quantitative estimate of drug-likeness (QED) is 0.767. The molecule has 1 saturated heterocycles. The fourth-order valence-electron chi connectivity index (χ4n) is 2.10. The number of piperidine rings is 1. The molecular weight excluding hydrogens is 260 g/mol. The highest BCUT2D eigenvalue weighted by molar-refractivity contribution is 6.01. The Hall–Kier alpha value is -2.37. The Kier molecular flexibility index (Phi) is 4.34. The van der Waals surface area contributed by atoms with Gasteiger partial charge in [-0.3, -0.25) is 19.7 Å². The summed E-state index contributed by atoms with van der Waals surface area (Å²) in [6.45, 7) is 0. The van der Waals surface area contributed by atoms with Crippen molar-refractivity contribution in [3.63, 3.8) is 0 Å². The minimum Gasteiger partial charge on any atom is -0.496 e. The zero-order valence-electron chi connectivity index (χ0n) is 11.1. The molecule has 1 unspecified atom stereocenters. The molecule has 0 aromatic heterocycles. The van der Waals surface area contributed by atoms with Crippen LogP contribution in [0.2, 0.25) is 0 Å². The van der Waals surface area contributed by atoms with Crippen molar-refractivity contribution in [3.05, 3.63) is 29.8 Å². The van der Waals surface area contributed by atoms with Crippen molar-refractivity contribution >= 4 is 17.7 Å². The van der Waals surface area contributed by atoms with E-state index in [1.807, 2.05) is 12.1 Å². The molecule has 1 fully saturated rings. The summed E-state index contributed by atoms with van der Waals surface area (Å²) in [6, 6.07) is 6.56. The van der Waals surface area contributed by atoms with Crippen LogP contribution in [-0.4, -0.2) is 30.9 Å². The van der Waals surface area contributed by atoms with Gasteiger partial charge in [0, 0.05) is 12.0 Å². The monoisotopic (exact) mass is 276 g/mol. The van der Waals surface area contributed by atoms with E-state index in [0.29, 0.717) is 12.2 Å². The van der Waals surface area contributed by atoms with Gasteiger partial charge in [-0.15, -0.1) is 0 Å². The van der Waals surface area contributed by atoms with Crippen LogP contribution in [-0.2, 0) is 20.8 Å². The molecule has 6 nitrogen and oxygen atoms in total. The number of para-hydroxylation sites is 1. The number of imide groups is 1. The molecular formula is C14H16N2O4. The Bertz CT molecular complexity index is 542. The van der Waals surface area contributed by atoms with Gasteiger partial charge in [0.25, 0.3) is 0 Å². The highest BCUT2D eigenvalue weighted by atomic mass is 16.5. The molecule has 1 heterocycles. The maximum atomic E-state index is 11.9. The molecule has 0 bridgehead atoms. The normalized spacial score (nSPS) is 18.4. The average molecular weight is 276 g/mol. The van der Waals surface area contributed by atoms with Crippen LogP contribution in [0.3, 0.4) is 0 Å². The molecule has 2 rings (SSSR count). The molecule has 1 aliphatic rings. The number of carbonyl (C=O) groups excluding carboxylic acids is 3. The molecule has 2 N–H and O–H groups in total. The number of hydrogen-bond donors (Lipinski definition) is 2. The molecule has 1 aliphatic heterocycles. The van der Waals surface area contributed by atoms with E-state index in [1.54, 1.807) is 12.1 Å². The minimum absolute atomic E-state index is 0.127. The average Bonchev–Trinajstić information content (AvgIpc) is 2.42. The standard InChI is InChI=1S/C14H16N2O4/c1-20-11-5-3-2-4-9(11)8-13(18)15-10-6-7-12(17)16-14(10)19/h2-5,10H,6-8H2,1H3,(H,15,18)(H,16,17,19). The maximum Gasteiger partial charge on any atom is 0.249 e. The SMILES string of the molecule is COc1ccccc1CC(=O)NC1CCC(=O)NC1=O. The van der Waals surface area contributed by atoms with Crippen molar-refractivity contribution in [3.8, 4) is 5.75 Å². The summed E-state index contributed by atoms with van der Waals surface area (Å²) < 4.78 is 5.17. The molecule has 0 saturated carbocycles. The van der Waals surface area contributed by atoms with E-state index >= 15 is 0 Å². The van der Waals surface area contributed by atoms with Gasteiger partial charge in [0.1, 0.15) is 11.8 Å². The summed E-state index contributed by atoms with van der Waals surface area (Å²) >= 11 is 0. The Labute approximate surface area is 116 Å². The predicted molar refractivity (Wildman–Crippen MR) is 71.0 cm³/mol. The first kappa shape index (κ1) is 14.0. The molecule has 1 aromatic carbocycles. The number of nitrogens with one attached hydrogen (secondary N) is 2. The zero-order chi connectivity index (χ0) is 14.5. The van der Waals surface area contributed by atoms with Gasteiger partial charge in [0.05, 0.1) is 13.5 Å². The van der Waals surface area contributed by atoms with E-state index in [4.69, 9.17) is 4.74 Å². The molecule has 106 valence electrons. The Morgan fingerprint density at radius 2 is 2.15 bits per heavy atom. The van der Waals surface area contributed by atoms with E-state index in [9.17, 15) is 14.4 Å². The molecule has 0 radical (unpaired) electrons. The largest absolute Gasteiger partial charge is 0.496 e. The lowest BCUT2D eigenvalue weighted by atomic mass is 10.1. The summed E-state index contributed by atoms with van der Waals surface area (Å²) in [5.74, 6) is -0.394. The minimum atomic E-state index is -0.644.